The maximum atomic E-state index is 11.7. The molecule has 2 rings (SSSR count). The van der Waals surface area contributed by atoms with Crippen LogP contribution in [0, 0.1) is 0 Å². The smallest absolute Gasteiger partial charge is 0.252 e. The van der Waals surface area contributed by atoms with Crippen molar-refractivity contribution < 1.29 is 4.79 Å². The molecular weight excluding hydrogens is 242 g/mol. The van der Waals surface area contributed by atoms with Crippen LogP contribution in [-0.2, 0) is 6.42 Å². The number of fused-ring (bicyclic) bond motifs is 1. The third-order valence-electron chi connectivity index (χ3n) is 2.67. The summed E-state index contributed by atoms with van der Waals surface area (Å²) in [5.74, 6) is 1.19. The van der Waals surface area contributed by atoms with Gasteiger partial charge in [-0.25, -0.2) is 4.98 Å². The minimum Gasteiger partial charge on any atom is -0.383 e. The Hall–Kier alpha value is -2.24. The Morgan fingerprint density at radius 2 is 2.21 bits per heavy atom. The number of hydrogen-bond donors (Lipinski definition) is 0. The van der Waals surface area contributed by atoms with Gasteiger partial charge in [0.25, 0.3) is 5.78 Å². The van der Waals surface area contributed by atoms with Crippen LogP contribution < -0.4 is 0 Å². The van der Waals surface area contributed by atoms with E-state index in [1.807, 2.05) is 38.2 Å². The van der Waals surface area contributed by atoms with E-state index in [0.717, 1.165) is 6.42 Å². The highest BCUT2D eigenvalue weighted by Gasteiger charge is 2.13. The van der Waals surface area contributed by atoms with Crippen molar-refractivity contribution in [1.82, 2.24) is 24.5 Å². The largest absolute Gasteiger partial charge is 0.383 e. The highest BCUT2D eigenvalue weighted by atomic mass is 16.1. The fourth-order valence-corrected chi connectivity index (χ4v) is 1.69. The average molecular weight is 259 g/mol. The number of hydrogen-bond acceptors (Lipinski definition) is 5. The quantitative estimate of drug-likeness (QED) is 0.777. The van der Waals surface area contributed by atoms with Crippen LogP contribution in [-0.4, -0.2) is 44.4 Å². The summed E-state index contributed by atoms with van der Waals surface area (Å²) >= 11 is 0. The number of carbonyl (C=O) groups is 1. The van der Waals surface area contributed by atoms with Crippen LogP contribution in [0.4, 0.5) is 0 Å². The minimum atomic E-state index is -0.0404. The van der Waals surface area contributed by atoms with Crippen molar-refractivity contribution >= 4 is 17.6 Å². The zero-order valence-corrected chi connectivity index (χ0v) is 11.6. The van der Waals surface area contributed by atoms with Crippen molar-refractivity contribution in [1.29, 1.82) is 0 Å². The second-order valence-electron chi connectivity index (χ2n) is 4.49. The molecule has 19 heavy (non-hydrogen) atoms. The Labute approximate surface area is 111 Å². The lowest BCUT2D eigenvalue weighted by atomic mass is 10.1. The third-order valence-corrected chi connectivity index (χ3v) is 2.67. The topological polar surface area (TPSA) is 63.4 Å². The van der Waals surface area contributed by atoms with Gasteiger partial charge in [-0.1, -0.05) is 6.92 Å². The summed E-state index contributed by atoms with van der Waals surface area (Å²) in [5, 5.41) is 4.37. The van der Waals surface area contributed by atoms with E-state index in [9.17, 15) is 4.79 Å². The Balaban J connectivity index is 2.68. The molecular formula is C13H17N5O. The SMILES string of the molecule is CCc1nc2ncc(C(C)=O)c(C=CN(C)C)n2n1. The predicted octanol–water partition coefficient (Wildman–Crippen LogP) is 1.42. The van der Waals surface area contributed by atoms with E-state index in [2.05, 4.69) is 15.1 Å². The fourth-order valence-electron chi connectivity index (χ4n) is 1.69. The molecule has 0 aliphatic rings. The highest BCUT2D eigenvalue weighted by Crippen LogP contribution is 2.13. The molecule has 2 aromatic heterocycles. The van der Waals surface area contributed by atoms with Crippen molar-refractivity contribution in [2.45, 2.75) is 20.3 Å². The minimum absolute atomic E-state index is 0.0404. The molecule has 0 aliphatic carbocycles. The van der Waals surface area contributed by atoms with E-state index in [1.54, 1.807) is 10.7 Å². The van der Waals surface area contributed by atoms with Gasteiger partial charge in [-0.05, 0) is 13.0 Å². The summed E-state index contributed by atoms with van der Waals surface area (Å²) in [4.78, 5) is 22.1. The molecule has 100 valence electrons. The molecule has 0 aromatic carbocycles. The van der Waals surface area contributed by atoms with Gasteiger partial charge in [0.05, 0.1) is 11.3 Å². The van der Waals surface area contributed by atoms with Crippen molar-refractivity contribution in [3.63, 3.8) is 0 Å². The van der Waals surface area contributed by atoms with Gasteiger partial charge in [-0.2, -0.15) is 9.50 Å². The van der Waals surface area contributed by atoms with Crippen LogP contribution >= 0.6 is 0 Å². The number of ketones is 1. The molecule has 0 N–H and O–H groups in total. The molecule has 0 aliphatic heterocycles. The molecule has 0 amide bonds. The number of nitrogens with zero attached hydrogens (tertiary/aromatic N) is 5. The molecule has 6 nitrogen and oxygen atoms in total. The molecule has 0 saturated heterocycles. The van der Waals surface area contributed by atoms with Crippen LogP contribution in [0.5, 0.6) is 0 Å². The first-order chi connectivity index (χ1) is 9.02. The van der Waals surface area contributed by atoms with Crippen LogP contribution in [0.1, 0.15) is 35.7 Å². The van der Waals surface area contributed by atoms with Gasteiger partial charge in [0.2, 0.25) is 0 Å². The number of carbonyl (C=O) groups excluding carboxylic acids is 1. The summed E-state index contributed by atoms with van der Waals surface area (Å²) in [6.07, 6.45) is 6.00. The van der Waals surface area contributed by atoms with Gasteiger partial charge in [-0.3, -0.25) is 4.79 Å². The zero-order chi connectivity index (χ0) is 14.0. The molecule has 0 bridgehead atoms. The van der Waals surface area contributed by atoms with Crippen LogP contribution in [0.3, 0.4) is 0 Å². The maximum absolute atomic E-state index is 11.7. The number of aryl methyl sites for hydroxylation is 1. The molecule has 2 aromatic rings. The Morgan fingerprint density at radius 1 is 1.47 bits per heavy atom. The number of rotatable bonds is 4. The van der Waals surface area contributed by atoms with E-state index >= 15 is 0 Å². The fraction of sp³-hybridized carbons (Fsp3) is 0.385. The first kappa shape index (κ1) is 13.2. The summed E-state index contributed by atoms with van der Waals surface area (Å²) in [6.45, 7) is 3.50. The van der Waals surface area contributed by atoms with E-state index in [4.69, 9.17) is 0 Å². The van der Waals surface area contributed by atoms with E-state index in [0.29, 0.717) is 22.9 Å². The lowest BCUT2D eigenvalue weighted by Gasteiger charge is -2.06. The highest BCUT2D eigenvalue weighted by molar-refractivity contribution is 5.97. The average Bonchev–Trinajstić information content (AvgIpc) is 2.78. The van der Waals surface area contributed by atoms with Gasteiger partial charge in [0.15, 0.2) is 11.6 Å². The van der Waals surface area contributed by atoms with Gasteiger partial charge >= 0.3 is 0 Å². The van der Waals surface area contributed by atoms with Gasteiger partial charge in [-0.15, -0.1) is 5.10 Å². The van der Waals surface area contributed by atoms with Crippen LogP contribution in [0.15, 0.2) is 12.4 Å². The second kappa shape index (κ2) is 5.17. The van der Waals surface area contributed by atoms with Gasteiger partial charge < -0.3 is 4.90 Å². The van der Waals surface area contributed by atoms with Crippen molar-refractivity contribution in [2.75, 3.05) is 14.1 Å². The zero-order valence-electron chi connectivity index (χ0n) is 11.6. The summed E-state index contributed by atoms with van der Waals surface area (Å²) in [6, 6.07) is 0. The van der Waals surface area contributed by atoms with Crippen LogP contribution in [0.2, 0.25) is 0 Å². The molecule has 2 heterocycles. The second-order valence-corrected chi connectivity index (χ2v) is 4.49. The Morgan fingerprint density at radius 3 is 2.79 bits per heavy atom. The molecule has 0 radical (unpaired) electrons. The Kier molecular flexibility index (Phi) is 3.59. The first-order valence-corrected chi connectivity index (χ1v) is 6.13. The predicted molar refractivity (Wildman–Crippen MR) is 72.9 cm³/mol. The van der Waals surface area contributed by atoms with Gasteiger partial charge in [0.1, 0.15) is 0 Å². The van der Waals surface area contributed by atoms with E-state index < -0.39 is 0 Å². The molecule has 0 unspecified atom stereocenters. The molecule has 0 atom stereocenters. The Bertz CT molecular complexity index is 642. The monoisotopic (exact) mass is 259 g/mol. The summed E-state index contributed by atoms with van der Waals surface area (Å²) in [5.41, 5.74) is 1.25. The molecule has 0 fully saturated rings. The summed E-state index contributed by atoms with van der Waals surface area (Å²) < 4.78 is 1.62. The number of aromatic nitrogens is 4. The van der Waals surface area contributed by atoms with Crippen molar-refractivity contribution in [2.24, 2.45) is 0 Å². The van der Waals surface area contributed by atoms with Crippen LogP contribution in [0.25, 0.3) is 11.9 Å². The van der Waals surface area contributed by atoms with Gasteiger partial charge in [0, 0.05) is 32.9 Å². The normalized spacial score (nSPS) is 11.4. The maximum Gasteiger partial charge on any atom is 0.252 e. The van der Waals surface area contributed by atoms with Crippen molar-refractivity contribution in [3.8, 4) is 0 Å². The third kappa shape index (κ3) is 2.62. The molecule has 6 heteroatoms. The van der Waals surface area contributed by atoms with E-state index in [-0.39, 0.29) is 5.78 Å². The standard InChI is InChI=1S/C13H17N5O/c1-5-12-15-13-14-8-10(9(2)19)11(18(13)16-12)6-7-17(3)4/h6-8H,5H2,1-4H3. The lowest BCUT2D eigenvalue weighted by Crippen LogP contribution is -2.07. The van der Waals surface area contributed by atoms with Crippen molar-refractivity contribution in [3.05, 3.63) is 29.5 Å². The lowest BCUT2D eigenvalue weighted by molar-refractivity contribution is 0.101. The molecule has 0 saturated carbocycles. The first-order valence-electron chi connectivity index (χ1n) is 6.13. The molecule has 0 spiro atoms. The summed E-state index contributed by atoms with van der Waals surface area (Å²) in [7, 11) is 3.84. The number of Topliss-reactive ketones (excluding diaryl/α,β-unsaturated/α-hetero) is 1. The van der Waals surface area contributed by atoms with E-state index in [1.165, 1.54) is 6.92 Å².